The lowest BCUT2D eigenvalue weighted by Gasteiger charge is -2.21. The molecule has 0 saturated carbocycles. The summed E-state index contributed by atoms with van der Waals surface area (Å²) in [5, 5.41) is 2.43. The third-order valence-corrected chi connectivity index (χ3v) is 4.35. The Kier molecular flexibility index (Phi) is 3.86. The smallest absolute Gasteiger partial charge is 0.242 e. The first-order chi connectivity index (χ1) is 8.89. The molecule has 1 aromatic rings. The average molecular weight is 286 g/mol. The molecule has 0 aromatic heterocycles. The molecule has 1 unspecified atom stereocenters. The highest BCUT2D eigenvalue weighted by Gasteiger charge is 2.36. The Morgan fingerprint density at radius 1 is 1.42 bits per heavy atom. The van der Waals surface area contributed by atoms with E-state index in [0.717, 1.165) is 10.6 Å². The number of benzene rings is 1. The zero-order valence-corrected chi connectivity index (χ0v) is 11.3. The second-order valence-corrected chi connectivity index (χ2v) is 6.44. The molecule has 1 aliphatic rings. The van der Waals surface area contributed by atoms with Crippen LogP contribution in [0.25, 0.3) is 0 Å². The molecule has 1 N–H and O–H groups in total. The van der Waals surface area contributed by atoms with Gasteiger partial charge in [0.15, 0.2) is 0 Å². The molecule has 0 aliphatic carbocycles. The van der Waals surface area contributed by atoms with Crippen molar-refractivity contribution in [2.24, 2.45) is 0 Å². The van der Waals surface area contributed by atoms with E-state index in [1.54, 1.807) is 6.07 Å². The van der Waals surface area contributed by atoms with Crippen molar-refractivity contribution >= 4 is 21.6 Å². The summed E-state index contributed by atoms with van der Waals surface area (Å²) in [5.41, 5.74) is 0.0628. The lowest BCUT2D eigenvalue weighted by molar-refractivity contribution is -0.119. The molecule has 1 amide bonds. The minimum atomic E-state index is -3.42. The number of anilines is 1. The maximum Gasteiger partial charge on any atom is 0.242 e. The Bertz CT molecular complexity index is 588. The van der Waals surface area contributed by atoms with Gasteiger partial charge in [0.2, 0.25) is 15.9 Å². The van der Waals surface area contributed by atoms with Gasteiger partial charge in [-0.1, -0.05) is 12.1 Å². The zero-order valence-electron chi connectivity index (χ0n) is 10.5. The van der Waals surface area contributed by atoms with Crippen LogP contribution in [0.2, 0.25) is 0 Å². The number of nitrogens with one attached hydrogen (secondary N) is 1. The van der Waals surface area contributed by atoms with Crippen molar-refractivity contribution < 1.29 is 17.6 Å². The van der Waals surface area contributed by atoms with Crippen LogP contribution in [0.3, 0.4) is 0 Å². The van der Waals surface area contributed by atoms with E-state index in [2.05, 4.69) is 5.32 Å². The number of halogens is 1. The number of carbonyl (C=O) groups is 1. The molecule has 0 radical (unpaired) electrons. The van der Waals surface area contributed by atoms with E-state index in [9.17, 15) is 17.6 Å². The van der Waals surface area contributed by atoms with Crippen molar-refractivity contribution in [1.82, 2.24) is 4.31 Å². The van der Waals surface area contributed by atoms with E-state index in [4.69, 9.17) is 0 Å². The summed E-state index contributed by atoms with van der Waals surface area (Å²) in [6.45, 7) is 0.328. The summed E-state index contributed by atoms with van der Waals surface area (Å²) in [7, 11) is -3.42. The number of rotatable bonds is 3. The summed E-state index contributed by atoms with van der Waals surface area (Å²) < 4.78 is 37.7. The Morgan fingerprint density at radius 2 is 2.11 bits per heavy atom. The van der Waals surface area contributed by atoms with E-state index in [-0.39, 0.29) is 5.69 Å². The van der Waals surface area contributed by atoms with Crippen LogP contribution in [0.15, 0.2) is 24.3 Å². The molecule has 104 valence electrons. The van der Waals surface area contributed by atoms with E-state index in [1.165, 1.54) is 18.2 Å². The predicted octanol–water partition coefficient (Wildman–Crippen LogP) is 1.19. The lowest BCUT2D eigenvalue weighted by atomic mass is 10.2. The molecule has 1 aliphatic heterocycles. The van der Waals surface area contributed by atoms with Gasteiger partial charge >= 0.3 is 0 Å². The third-order valence-electron chi connectivity index (χ3n) is 3.06. The number of nitrogens with zero attached hydrogens (tertiary/aromatic N) is 1. The molecule has 1 heterocycles. The van der Waals surface area contributed by atoms with Gasteiger partial charge in [0, 0.05) is 6.54 Å². The second kappa shape index (κ2) is 5.26. The van der Waals surface area contributed by atoms with Crippen LogP contribution in [-0.4, -0.2) is 37.5 Å². The molecule has 5 nitrogen and oxygen atoms in total. The quantitative estimate of drug-likeness (QED) is 0.907. The first-order valence-corrected chi connectivity index (χ1v) is 7.76. The fraction of sp³-hybridized carbons (Fsp3) is 0.417. The summed E-state index contributed by atoms with van der Waals surface area (Å²) >= 11 is 0. The van der Waals surface area contributed by atoms with Crippen molar-refractivity contribution in [3.63, 3.8) is 0 Å². The molecule has 19 heavy (non-hydrogen) atoms. The highest BCUT2D eigenvalue weighted by Crippen LogP contribution is 2.22. The van der Waals surface area contributed by atoms with Crippen LogP contribution < -0.4 is 5.32 Å². The fourth-order valence-corrected chi connectivity index (χ4v) is 3.30. The van der Waals surface area contributed by atoms with E-state index < -0.39 is 27.8 Å². The van der Waals surface area contributed by atoms with Crippen molar-refractivity contribution in [3.05, 3.63) is 30.1 Å². The number of carbonyl (C=O) groups excluding carboxylic acids is 1. The third kappa shape index (κ3) is 3.10. The van der Waals surface area contributed by atoms with Gasteiger partial charge in [0.25, 0.3) is 0 Å². The Labute approximate surface area is 111 Å². The normalized spacial score (nSPS) is 20.4. The highest BCUT2D eigenvalue weighted by molar-refractivity contribution is 7.88. The van der Waals surface area contributed by atoms with Crippen LogP contribution in [0, 0.1) is 5.82 Å². The maximum atomic E-state index is 13.4. The van der Waals surface area contributed by atoms with E-state index >= 15 is 0 Å². The predicted molar refractivity (Wildman–Crippen MR) is 69.6 cm³/mol. The first kappa shape index (κ1) is 14.0. The van der Waals surface area contributed by atoms with Gasteiger partial charge < -0.3 is 5.32 Å². The first-order valence-electron chi connectivity index (χ1n) is 5.92. The summed E-state index contributed by atoms with van der Waals surface area (Å²) in [6.07, 6.45) is 2.15. The summed E-state index contributed by atoms with van der Waals surface area (Å²) in [4.78, 5) is 12.0. The lowest BCUT2D eigenvalue weighted by Crippen LogP contribution is -2.42. The molecule has 1 aromatic carbocycles. The van der Waals surface area contributed by atoms with E-state index in [0.29, 0.717) is 19.4 Å². The molecule has 0 spiro atoms. The van der Waals surface area contributed by atoms with Gasteiger partial charge in [0.05, 0.1) is 11.9 Å². The molecule has 0 bridgehead atoms. The molecular formula is C12H15FN2O3S. The maximum absolute atomic E-state index is 13.4. The largest absolute Gasteiger partial charge is 0.322 e. The van der Waals surface area contributed by atoms with Crippen LogP contribution in [-0.2, 0) is 14.8 Å². The Hall–Kier alpha value is -1.47. The van der Waals surface area contributed by atoms with Crippen LogP contribution >= 0.6 is 0 Å². The second-order valence-electron chi connectivity index (χ2n) is 4.50. The molecule has 2 rings (SSSR count). The van der Waals surface area contributed by atoms with Crippen LogP contribution in [0.1, 0.15) is 12.8 Å². The summed E-state index contributed by atoms with van der Waals surface area (Å²) in [6, 6.07) is 5.03. The number of para-hydroxylation sites is 1. The van der Waals surface area contributed by atoms with Gasteiger partial charge in [-0.05, 0) is 25.0 Å². The molecule has 7 heteroatoms. The average Bonchev–Trinajstić information content (AvgIpc) is 2.81. The number of hydrogen-bond donors (Lipinski definition) is 1. The van der Waals surface area contributed by atoms with Gasteiger partial charge in [-0.2, -0.15) is 4.31 Å². The molecule has 1 fully saturated rings. The number of sulfonamides is 1. The minimum Gasteiger partial charge on any atom is -0.322 e. The monoisotopic (exact) mass is 286 g/mol. The zero-order chi connectivity index (χ0) is 14.0. The standard InChI is InChI=1S/C12H15FN2O3S/c1-19(17,18)15-8-4-7-11(15)12(16)14-10-6-3-2-5-9(10)13/h2-3,5-6,11H,4,7-8H2,1H3,(H,14,16). The van der Waals surface area contributed by atoms with Gasteiger partial charge in [-0.25, -0.2) is 12.8 Å². The van der Waals surface area contributed by atoms with Crippen LogP contribution in [0.4, 0.5) is 10.1 Å². The van der Waals surface area contributed by atoms with Crippen molar-refractivity contribution in [1.29, 1.82) is 0 Å². The van der Waals surface area contributed by atoms with Crippen molar-refractivity contribution in [2.45, 2.75) is 18.9 Å². The van der Waals surface area contributed by atoms with E-state index in [1.807, 2.05) is 0 Å². The van der Waals surface area contributed by atoms with Gasteiger partial charge in [-0.3, -0.25) is 4.79 Å². The van der Waals surface area contributed by atoms with Crippen molar-refractivity contribution in [2.75, 3.05) is 18.1 Å². The SMILES string of the molecule is CS(=O)(=O)N1CCCC1C(=O)Nc1ccccc1F. The molecule has 1 saturated heterocycles. The van der Waals surface area contributed by atoms with Gasteiger partial charge in [-0.15, -0.1) is 0 Å². The molecule has 1 atom stereocenters. The van der Waals surface area contributed by atoms with Crippen LogP contribution in [0.5, 0.6) is 0 Å². The fourth-order valence-electron chi connectivity index (χ4n) is 2.18. The summed E-state index contributed by atoms with van der Waals surface area (Å²) in [5.74, 6) is -1.03. The molecular weight excluding hydrogens is 271 g/mol. The number of amides is 1. The Balaban J connectivity index is 2.14. The Morgan fingerprint density at radius 3 is 2.74 bits per heavy atom. The van der Waals surface area contributed by atoms with Crippen molar-refractivity contribution in [3.8, 4) is 0 Å². The minimum absolute atomic E-state index is 0.0628. The van der Waals surface area contributed by atoms with Gasteiger partial charge in [0.1, 0.15) is 11.9 Å². The number of hydrogen-bond acceptors (Lipinski definition) is 3. The highest BCUT2D eigenvalue weighted by atomic mass is 32.2. The topological polar surface area (TPSA) is 66.5 Å².